The predicted molar refractivity (Wildman–Crippen MR) is 98.8 cm³/mol. The molecular formula is C17H14BrN3O3. The highest BCUT2D eigenvalue weighted by Gasteiger charge is 2.16. The first-order valence-electron chi connectivity index (χ1n) is 7.16. The lowest BCUT2D eigenvalue weighted by Crippen LogP contribution is -2.24. The smallest absolute Gasteiger partial charge is 0.362 e. The molecule has 2 amide bonds. The number of benzene rings is 2. The fourth-order valence-electron chi connectivity index (χ4n) is 2.35. The number of urea groups is 1. The number of carbonyl (C=O) groups excluding carboxylic acids is 1. The first-order valence-corrected chi connectivity index (χ1v) is 7.95. The molecule has 2 aromatic carbocycles. The summed E-state index contributed by atoms with van der Waals surface area (Å²) in [6.45, 7) is 0. The summed E-state index contributed by atoms with van der Waals surface area (Å²) in [6.07, 6.45) is 0. The molecule has 0 aliphatic carbocycles. The minimum absolute atomic E-state index is 0.0563. The van der Waals surface area contributed by atoms with Gasteiger partial charge in [0, 0.05) is 16.9 Å². The predicted octanol–water partition coefficient (Wildman–Crippen LogP) is 4.24. The highest BCUT2D eigenvalue weighted by Crippen LogP contribution is 2.28. The van der Waals surface area contributed by atoms with Gasteiger partial charge in [-0.1, -0.05) is 24.3 Å². The highest BCUT2D eigenvalue weighted by molar-refractivity contribution is 9.10. The third kappa shape index (κ3) is 3.11. The standard InChI is InChI=1S/C17H14BrN3O3/c1-19-14-10-6-2-5-9-13(10)24-16(22)15(14)21-17(23)20-12-8-4-3-7-11(12)18/h2-9,19H,1H3,(H2,20,21,23). The zero-order valence-corrected chi connectivity index (χ0v) is 14.3. The molecular weight excluding hydrogens is 374 g/mol. The van der Waals surface area contributed by atoms with Gasteiger partial charge in [-0.3, -0.25) is 5.32 Å². The van der Waals surface area contributed by atoms with Crippen molar-refractivity contribution in [1.29, 1.82) is 0 Å². The first kappa shape index (κ1) is 16.1. The van der Waals surface area contributed by atoms with E-state index in [1.807, 2.05) is 12.1 Å². The molecule has 3 rings (SSSR count). The molecule has 0 spiro atoms. The molecule has 0 saturated heterocycles. The van der Waals surface area contributed by atoms with Crippen LogP contribution in [0, 0.1) is 0 Å². The normalized spacial score (nSPS) is 10.4. The van der Waals surface area contributed by atoms with E-state index < -0.39 is 11.7 Å². The van der Waals surface area contributed by atoms with Gasteiger partial charge in [0.2, 0.25) is 0 Å². The van der Waals surface area contributed by atoms with Crippen molar-refractivity contribution in [3.8, 4) is 0 Å². The summed E-state index contributed by atoms with van der Waals surface area (Å²) >= 11 is 3.35. The van der Waals surface area contributed by atoms with E-state index in [2.05, 4.69) is 31.9 Å². The third-order valence-electron chi connectivity index (χ3n) is 3.42. The van der Waals surface area contributed by atoms with E-state index in [-0.39, 0.29) is 5.69 Å². The van der Waals surface area contributed by atoms with Crippen molar-refractivity contribution < 1.29 is 9.21 Å². The topological polar surface area (TPSA) is 83.4 Å². The van der Waals surface area contributed by atoms with Crippen molar-refractivity contribution in [2.75, 3.05) is 23.0 Å². The molecule has 6 nitrogen and oxygen atoms in total. The molecule has 0 unspecified atom stereocenters. The number of carbonyl (C=O) groups is 1. The Morgan fingerprint density at radius 1 is 1.00 bits per heavy atom. The average Bonchev–Trinajstić information content (AvgIpc) is 2.57. The van der Waals surface area contributed by atoms with Crippen LogP contribution in [0.25, 0.3) is 11.0 Å². The Bertz CT molecular complexity index is 969. The Hall–Kier alpha value is -2.80. The lowest BCUT2D eigenvalue weighted by atomic mass is 10.2. The quantitative estimate of drug-likeness (QED) is 0.586. The number of rotatable bonds is 3. The van der Waals surface area contributed by atoms with Crippen LogP contribution >= 0.6 is 15.9 Å². The van der Waals surface area contributed by atoms with Gasteiger partial charge >= 0.3 is 11.7 Å². The van der Waals surface area contributed by atoms with Crippen LogP contribution in [0.4, 0.5) is 21.9 Å². The van der Waals surface area contributed by atoms with E-state index in [1.165, 1.54) is 0 Å². The molecule has 0 saturated carbocycles. The lowest BCUT2D eigenvalue weighted by molar-refractivity contribution is 0.262. The Morgan fingerprint density at radius 2 is 1.71 bits per heavy atom. The second-order valence-corrected chi connectivity index (χ2v) is 5.80. The SMILES string of the molecule is CNc1c(NC(=O)Nc2ccccc2Br)c(=O)oc2ccccc12. The largest absolute Gasteiger partial charge is 0.421 e. The summed E-state index contributed by atoms with van der Waals surface area (Å²) in [7, 11) is 1.68. The van der Waals surface area contributed by atoms with E-state index in [4.69, 9.17) is 4.42 Å². The van der Waals surface area contributed by atoms with Gasteiger partial charge in [-0.15, -0.1) is 0 Å². The molecule has 1 heterocycles. The zero-order valence-electron chi connectivity index (χ0n) is 12.7. The molecule has 0 bridgehead atoms. The van der Waals surface area contributed by atoms with Crippen molar-refractivity contribution in [3.05, 3.63) is 63.4 Å². The van der Waals surface area contributed by atoms with Gasteiger partial charge in [-0.05, 0) is 40.2 Å². The number of halogens is 1. The number of hydrogen-bond acceptors (Lipinski definition) is 4. The van der Waals surface area contributed by atoms with Crippen LogP contribution < -0.4 is 21.6 Å². The van der Waals surface area contributed by atoms with Gasteiger partial charge in [0.1, 0.15) is 5.58 Å². The maximum absolute atomic E-state index is 12.2. The number of anilines is 3. The Morgan fingerprint density at radius 3 is 2.46 bits per heavy atom. The summed E-state index contributed by atoms with van der Waals surface area (Å²) in [4.78, 5) is 24.4. The molecule has 122 valence electrons. The van der Waals surface area contributed by atoms with Crippen molar-refractivity contribution >= 4 is 50.0 Å². The van der Waals surface area contributed by atoms with Crippen molar-refractivity contribution in [2.45, 2.75) is 0 Å². The summed E-state index contributed by atoms with van der Waals surface area (Å²) in [5.41, 5.74) is 0.972. The fourth-order valence-corrected chi connectivity index (χ4v) is 2.74. The second-order valence-electron chi connectivity index (χ2n) is 4.94. The maximum Gasteiger partial charge on any atom is 0.362 e. The Kier molecular flexibility index (Phi) is 4.52. The van der Waals surface area contributed by atoms with Crippen LogP contribution in [0.2, 0.25) is 0 Å². The van der Waals surface area contributed by atoms with E-state index in [0.717, 1.165) is 4.47 Å². The van der Waals surface area contributed by atoms with E-state index in [1.54, 1.807) is 43.4 Å². The van der Waals surface area contributed by atoms with Gasteiger partial charge in [-0.25, -0.2) is 9.59 Å². The molecule has 3 aromatic rings. The Labute approximate surface area is 146 Å². The van der Waals surface area contributed by atoms with Crippen LogP contribution in [-0.2, 0) is 0 Å². The second kappa shape index (κ2) is 6.76. The van der Waals surface area contributed by atoms with Crippen LogP contribution in [-0.4, -0.2) is 13.1 Å². The zero-order chi connectivity index (χ0) is 17.1. The number of para-hydroxylation sites is 2. The molecule has 0 aliphatic heterocycles. The van der Waals surface area contributed by atoms with Crippen LogP contribution in [0.15, 0.2) is 62.2 Å². The van der Waals surface area contributed by atoms with Crippen molar-refractivity contribution in [3.63, 3.8) is 0 Å². The summed E-state index contributed by atoms with van der Waals surface area (Å²) in [5, 5.41) is 8.89. The van der Waals surface area contributed by atoms with E-state index in [0.29, 0.717) is 22.3 Å². The van der Waals surface area contributed by atoms with Gasteiger partial charge < -0.3 is 15.1 Å². The van der Waals surface area contributed by atoms with Crippen molar-refractivity contribution in [1.82, 2.24) is 0 Å². The van der Waals surface area contributed by atoms with Gasteiger partial charge in [0.15, 0.2) is 5.69 Å². The van der Waals surface area contributed by atoms with Gasteiger partial charge in [-0.2, -0.15) is 0 Å². The highest BCUT2D eigenvalue weighted by atomic mass is 79.9. The molecule has 7 heteroatoms. The minimum atomic E-state index is -0.625. The van der Waals surface area contributed by atoms with Gasteiger partial charge in [0.25, 0.3) is 0 Å². The summed E-state index contributed by atoms with van der Waals surface area (Å²) in [6, 6.07) is 13.7. The van der Waals surface area contributed by atoms with E-state index >= 15 is 0 Å². The van der Waals surface area contributed by atoms with Crippen molar-refractivity contribution in [2.24, 2.45) is 0 Å². The number of fused-ring (bicyclic) bond motifs is 1. The summed E-state index contributed by atoms with van der Waals surface area (Å²) < 4.78 is 6.00. The molecule has 0 fully saturated rings. The molecule has 1 aromatic heterocycles. The number of amides is 2. The summed E-state index contributed by atoms with van der Waals surface area (Å²) in [5.74, 6) is 0. The average molecular weight is 388 g/mol. The minimum Gasteiger partial charge on any atom is -0.421 e. The molecule has 0 atom stereocenters. The van der Waals surface area contributed by atoms with Crippen LogP contribution in [0.5, 0.6) is 0 Å². The van der Waals surface area contributed by atoms with Crippen LogP contribution in [0.1, 0.15) is 0 Å². The lowest BCUT2D eigenvalue weighted by Gasteiger charge is -2.13. The number of hydrogen-bond donors (Lipinski definition) is 3. The van der Waals surface area contributed by atoms with Gasteiger partial charge in [0.05, 0.1) is 11.4 Å². The molecule has 24 heavy (non-hydrogen) atoms. The third-order valence-corrected chi connectivity index (χ3v) is 4.12. The molecule has 3 N–H and O–H groups in total. The fraction of sp³-hybridized carbons (Fsp3) is 0.0588. The molecule has 0 radical (unpaired) electrons. The first-order chi connectivity index (χ1) is 11.6. The van der Waals surface area contributed by atoms with E-state index in [9.17, 15) is 9.59 Å². The monoisotopic (exact) mass is 387 g/mol. The number of nitrogens with one attached hydrogen (secondary N) is 3. The molecule has 0 aliphatic rings. The van der Waals surface area contributed by atoms with Crippen LogP contribution in [0.3, 0.4) is 0 Å². The Balaban J connectivity index is 1.95. The maximum atomic E-state index is 12.2.